The van der Waals surface area contributed by atoms with Crippen molar-refractivity contribution in [2.75, 3.05) is 19.7 Å². The monoisotopic (exact) mass is 239 g/mol. The molecule has 2 N–H and O–H groups in total. The van der Waals surface area contributed by atoms with Crippen molar-refractivity contribution >= 4 is 11.9 Å². The highest BCUT2D eigenvalue weighted by atomic mass is 16.5. The summed E-state index contributed by atoms with van der Waals surface area (Å²) in [6, 6.07) is 0. The molecule has 0 saturated carbocycles. The van der Waals surface area contributed by atoms with Gasteiger partial charge in [-0.2, -0.15) is 0 Å². The van der Waals surface area contributed by atoms with E-state index >= 15 is 0 Å². The molecule has 0 bridgehead atoms. The number of ether oxygens (including phenoxy) is 1. The molecule has 1 aromatic heterocycles. The summed E-state index contributed by atoms with van der Waals surface area (Å²) in [5.41, 5.74) is -0.222. The van der Waals surface area contributed by atoms with Crippen molar-refractivity contribution in [1.29, 1.82) is 0 Å². The smallest absolute Gasteiger partial charge is 0.354 e. The SMILES string of the molecule is CC1CN(C(=O)c2nc[nH]c2C(=O)O)CCO1. The van der Waals surface area contributed by atoms with Gasteiger partial charge in [-0.25, -0.2) is 9.78 Å². The van der Waals surface area contributed by atoms with Gasteiger partial charge in [0.05, 0.1) is 19.0 Å². The summed E-state index contributed by atoms with van der Waals surface area (Å²) in [5.74, 6) is -1.56. The molecule has 1 aromatic rings. The van der Waals surface area contributed by atoms with E-state index in [-0.39, 0.29) is 23.4 Å². The molecule has 1 amide bonds. The Balaban J connectivity index is 2.18. The number of carbonyl (C=O) groups is 2. The highest BCUT2D eigenvalue weighted by Gasteiger charge is 2.27. The van der Waals surface area contributed by atoms with Crippen molar-refractivity contribution in [3.8, 4) is 0 Å². The van der Waals surface area contributed by atoms with Crippen LogP contribution in [0.15, 0.2) is 6.33 Å². The number of amides is 1. The van der Waals surface area contributed by atoms with Gasteiger partial charge in [-0.3, -0.25) is 4.79 Å². The summed E-state index contributed by atoms with van der Waals surface area (Å²) in [6.07, 6.45) is 1.17. The van der Waals surface area contributed by atoms with E-state index in [1.807, 2.05) is 6.92 Å². The lowest BCUT2D eigenvalue weighted by Gasteiger charge is -2.30. The van der Waals surface area contributed by atoms with Gasteiger partial charge in [0.25, 0.3) is 5.91 Å². The van der Waals surface area contributed by atoms with E-state index in [1.54, 1.807) is 4.90 Å². The summed E-state index contributed by atoms with van der Waals surface area (Å²) in [5, 5.41) is 8.89. The molecule has 0 spiro atoms. The van der Waals surface area contributed by atoms with Crippen LogP contribution in [0.5, 0.6) is 0 Å². The first-order valence-electron chi connectivity index (χ1n) is 5.27. The first kappa shape index (κ1) is 11.6. The molecular formula is C10H13N3O4. The molecule has 1 aliphatic heterocycles. The number of carboxylic acid groups (broad SMARTS) is 1. The largest absolute Gasteiger partial charge is 0.477 e. The van der Waals surface area contributed by atoms with Crippen molar-refractivity contribution in [3.05, 3.63) is 17.7 Å². The maximum Gasteiger partial charge on any atom is 0.354 e. The molecule has 0 radical (unpaired) electrons. The number of imidazole rings is 1. The molecule has 0 aromatic carbocycles. The Labute approximate surface area is 97.4 Å². The van der Waals surface area contributed by atoms with Gasteiger partial charge in [-0.1, -0.05) is 0 Å². The first-order valence-corrected chi connectivity index (χ1v) is 5.27. The van der Waals surface area contributed by atoms with Crippen molar-refractivity contribution < 1.29 is 19.4 Å². The van der Waals surface area contributed by atoms with E-state index in [4.69, 9.17) is 9.84 Å². The topological polar surface area (TPSA) is 95.5 Å². The third-order valence-corrected chi connectivity index (χ3v) is 2.58. The predicted molar refractivity (Wildman–Crippen MR) is 56.9 cm³/mol. The zero-order valence-electron chi connectivity index (χ0n) is 9.34. The number of H-pyrrole nitrogens is 1. The van der Waals surface area contributed by atoms with Crippen LogP contribution < -0.4 is 0 Å². The van der Waals surface area contributed by atoms with Gasteiger partial charge in [0.2, 0.25) is 0 Å². The van der Waals surface area contributed by atoms with Crippen LogP contribution in [0.1, 0.15) is 27.9 Å². The first-order chi connectivity index (χ1) is 8.09. The molecule has 7 nitrogen and oxygen atoms in total. The number of nitrogens with one attached hydrogen (secondary N) is 1. The second-order valence-corrected chi connectivity index (χ2v) is 3.86. The standard InChI is InChI=1S/C10H13N3O4/c1-6-4-13(2-3-17-6)9(14)7-8(10(15)16)12-5-11-7/h5-6H,2-4H2,1H3,(H,11,12)(H,15,16). The molecule has 1 atom stereocenters. The van der Waals surface area contributed by atoms with Gasteiger partial charge in [0, 0.05) is 13.1 Å². The van der Waals surface area contributed by atoms with E-state index < -0.39 is 5.97 Å². The molecule has 92 valence electrons. The molecule has 7 heteroatoms. The zero-order chi connectivity index (χ0) is 12.4. The van der Waals surface area contributed by atoms with E-state index in [0.29, 0.717) is 19.7 Å². The quantitative estimate of drug-likeness (QED) is 0.755. The zero-order valence-corrected chi connectivity index (χ0v) is 9.34. The molecule has 1 saturated heterocycles. The fourth-order valence-electron chi connectivity index (χ4n) is 1.77. The fraction of sp³-hybridized carbons (Fsp3) is 0.500. The van der Waals surface area contributed by atoms with E-state index in [2.05, 4.69) is 9.97 Å². The van der Waals surface area contributed by atoms with Gasteiger partial charge in [0.1, 0.15) is 0 Å². The Morgan fingerprint density at radius 2 is 2.41 bits per heavy atom. The Morgan fingerprint density at radius 3 is 3.06 bits per heavy atom. The van der Waals surface area contributed by atoms with Crippen molar-refractivity contribution in [2.24, 2.45) is 0 Å². The van der Waals surface area contributed by atoms with E-state index in [9.17, 15) is 9.59 Å². The van der Waals surface area contributed by atoms with E-state index in [1.165, 1.54) is 6.33 Å². The fourth-order valence-corrected chi connectivity index (χ4v) is 1.77. The molecule has 1 fully saturated rings. The van der Waals surface area contributed by atoms with Gasteiger partial charge in [0.15, 0.2) is 11.4 Å². The number of aromatic carboxylic acids is 1. The minimum Gasteiger partial charge on any atom is -0.477 e. The number of hydrogen-bond donors (Lipinski definition) is 2. The molecule has 1 unspecified atom stereocenters. The lowest BCUT2D eigenvalue weighted by Crippen LogP contribution is -2.45. The highest BCUT2D eigenvalue weighted by Crippen LogP contribution is 2.11. The number of rotatable bonds is 2. The molecule has 2 rings (SSSR count). The lowest BCUT2D eigenvalue weighted by atomic mass is 10.2. The third kappa shape index (κ3) is 2.28. The maximum absolute atomic E-state index is 12.1. The van der Waals surface area contributed by atoms with Crippen LogP contribution in [0.25, 0.3) is 0 Å². The lowest BCUT2D eigenvalue weighted by molar-refractivity contribution is -0.0126. The second-order valence-electron chi connectivity index (χ2n) is 3.86. The number of hydrogen-bond acceptors (Lipinski definition) is 4. The van der Waals surface area contributed by atoms with Crippen LogP contribution in [0.3, 0.4) is 0 Å². The molecule has 17 heavy (non-hydrogen) atoms. The normalized spacial score (nSPS) is 20.3. The number of aromatic amines is 1. The van der Waals surface area contributed by atoms with E-state index in [0.717, 1.165) is 0 Å². The number of carboxylic acids is 1. The van der Waals surface area contributed by atoms with Crippen LogP contribution in [-0.2, 0) is 4.74 Å². The minimum atomic E-state index is -1.19. The van der Waals surface area contributed by atoms with Crippen molar-refractivity contribution in [1.82, 2.24) is 14.9 Å². The average Bonchev–Trinajstić information content (AvgIpc) is 2.77. The predicted octanol–water partition coefficient (Wildman–Crippen LogP) is -0.0312. The Hall–Kier alpha value is -1.89. The van der Waals surface area contributed by atoms with Crippen LogP contribution in [0.4, 0.5) is 0 Å². The summed E-state index contributed by atoms with van der Waals surface area (Å²) < 4.78 is 5.31. The molecule has 0 aliphatic carbocycles. The maximum atomic E-state index is 12.1. The van der Waals surface area contributed by atoms with Crippen LogP contribution in [-0.4, -0.2) is 57.7 Å². The van der Waals surface area contributed by atoms with Gasteiger partial charge < -0.3 is 19.7 Å². The second kappa shape index (κ2) is 4.54. The van der Waals surface area contributed by atoms with Gasteiger partial charge in [-0.15, -0.1) is 0 Å². The average molecular weight is 239 g/mol. The summed E-state index contributed by atoms with van der Waals surface area (Å²) in [7, 11) is 0. The molecule has 1 aliphatic rings. The number of nitrogens with zero attached hydrogens (tertiary/aromatic N) is 2. The molecule has 2 heterocycles. The van der Waals surface area contributed by atoms with Crippen LogP contribution >= 0.6 is 0 Å². The Morgan fingerprint density at radius 1 is 1.65 bits per heavy atom. The number of carbonyl (C=O) groups excluding carboxylic acids is 1. The molecular weight excluding hydrogens is 226 g/mol. The highest BCUT2D eigenvalue weighted by molar-refractivity contribution is 6.02. The van der Waals surface area contributed by atoms with Gasteiger partial charge in [-0.05, 0) is 6.92 Å². The van der Waals surface area contributed by atoms with Crippen molar-refractivity contribution in [3.63, 3.8) is 0 Å². The number of morpholine rings is 1. The van der Waals surface area contributed by atoms with Crippen molar-refractivity contribution in [2.45, 2.75) is 13.0 Å². The van der Waals surface area contributed by atoms with Gasteiger partial charge >= 0.3 is 5.97 Å². The van der Waals surface area contributed by atoms with Crippen LogP contribution in [0.2, 0.25) is 0 Å². The third-order valence-electron chi connectivity index (χ3n) is 2.58. The number of aromatic nitrogens is 2. The Bertz CT molecular complexity index is 443. The van der Waals surface area contributed by atoms with Crippen LogP contribution in [0, 0.1) is 0 Å². The summed E-state index contributed by atoms with van der Waals surface area (Å²) in [6.45, 7) is 3.22. The minimum absolute atomic E-state index is 0.0417. The Kier molecular flexibility index (Phi) is 3.10. The summed E-state index contributed by atoms with van der Waals surface area (Å²) in [4.78, 5) is 30.7. The summed E-state index contributed by atoms with van der Waals surface area (Å²) >= 11 is 0.